The Balaban J connectivity index is 3.05. The summed E-state index contributed by atoms with van der Waals surface area (Å²) < 4.78 is 0. The second-order valence-corrected chi connectivity index (χ2v) is 8.47. The van der Waals surface area contributed by atoms with Gasteiger partial charge in [-0.25, -0.2) is 0 Å². The molecular formula is C27H52. The molecule has 0 N–H and O–H groups in total. The highest BCUT2D eigenvalue weighted by Crippen LogP contribution is 2.13. The summed E-state index contributed by atoms with van der Waals surface area (Å²) in [5.74, 6) is 0. The van der Waals surface area contributed by atoms with E-state index in [1.165, 1.54) is 135 Å². The molecule has 0 aliphatic carbocycles. The third-order valence-electron chi connectivity index (χ3n) is 5.66. The number of hydrogen-bond acceptors (Lipinski definition) is 0. The molecule has 0 unspecified atom stereocenters. The summed E-state index contributed by atoms with van der Waals surface area (Å²) in [7, 11) is 0. The van der Waals surface area contributed by atoms with Crippen LogP contribution in [0.5, 0.6) is 0 Å². The highest BCUT2D eigenvalue weighted by Gasteiger charge is 1.93. The van der Waals surface area contributed by atoms with Gasteiger partial charge in [0.25, 0.3) is 0 Å². The Kier molecular flexibility index (Phi) is 25.5. The largest absolute Gasteiger partial charge is 0.0885 e. The lowest BCUT2D eigenvalue weighted by Crippen LogP contribution is -1.82. The van der Waals surface area contributed by atoms with Gasteiger partial charge >= 0.3 is 0 Å². The first-order valence-corrected chi connectivity index (χ1v) is 12.6. The van der Waals surface area contributed by atoms with Crippen LogP contribution in [0.3, 0.4) is 0 Å². The minimum absolute atomic E-state index is 1.12. The highest BCUT2D eigenvalue weighted by molar-refractivity contribution is 4.81. The summed E-state index contributed by atoms with van der Waals surface area (Å²) in [6.45, 7) is 7.81. The molecule has 0 amide bonds. The smallest absolute Gasteiger partial charge is 0.0351 e. The van der Waals surface area contributed by atoms with E-state index >= 15 is 0 Å². The van der Waals surface area contributed by atoms with E-state index in [9.17, 15) is 0 Å². The Hall–Kier alpha value is -0.260. The average Bonchev–Trinajstić information content (AvgIpc) is 2.68. The van der Waals surface area contributed by atoms with E-state index in [1.807, 2.05) is 0 Å². The first-order chi connectivity index (χ1) is 13.4. The molecule has 0 spiro atoms. The monoisotopic (exact) mass is 376 g/mol. The summed E-state index contributed by atoms with van der Waals surface area (Å²) in [5, 5.41) is 0. The van der Waals surface area contributed by atoms with Crippen molar-refractivity contribution in [2.45, 2.75) is 148 Å². The van der Waals surface area contributed by atoms with Crippen molar-refractivity contribution in [3.8, 4) is 0 Å². The van der Waals surface area contributed by atoms with Crippen LogP contribution in [-0.2, 0) is 0 Å². The molecule has 0 heterocycles. The fourth-order valence-corrected chi connectivity index (χ4v) is 3.77. The van der Waals surface area contributed by atoms with E-state index in [0.29, 0.717) is 0 Å². The maximum Gasteiger partial charge on any atom is -0.0351 e. The van der Waals surface area contributed by atoms with Gasteiger partial charge < -0.3 is 0 Å². The van der Waals surface area contributed by atoms with Crippen molar-refractivity contribution in [2.75, 3.05) is 0 Å². The zero-order valence-electron chi connectivity index (χ0n) is 18.8. The second-order valence-electron chi connectivity index (χ2n) is 8.47. The lowest BCUT2D eigenvalue weighted by molar-refractivity contribution is 0.547. The zero-order valence-corrected chi connectivity index (χ0v) is 18.8. The Labute approximate surface area is 174 Å². The fourth-order valence-electron chi connectivity index (χ4n) is 3.77. The van der Waals surface area contributed by atoms with Gasteiger partial charge in [0.1, 0.15) is 0 Å². The third kappa shape index (κ3) is 25.7. The molecular weight excluding hydrogens is 324 g/mol. The highest BCUT2D eigenvalue weighted by atomic mass is 14.0. The number of rotatable bonds is 23. The number of allylic oxidation sites excluding steroid dienone is 2. The minimum atomic E-state index is 1.12. The third-order valence-corrected chi connectivity index (χ3v) is 5.66. The van der Waals surface area contributed by atoms with Gasteiger partial charge in [0.15, 0.2) is 0 Å². The summed E-state index contributed by atoms with van der Waals surface area (Å²) in [6.07, 6.45) is 36.7. The van der Waals surface area contributed by atoms with Crippen LogP contribution in [0.1, 0.15) is 148 Å². The Bertz CT molecular complexity index is 265. The van der Waals surface area contributed by atoms with Crippen molar-refractivity contribution in [3.63, 3.8) is 0 Å². The van der Waals surface area contributed by atoms with E-state index in [-0.39, 0.29) is 0 Å². The predicted molar refractivity (Wildman–Crippen MR) is 126 cm³/mol. The van der Waals surface area contributed by atoms with Gasteiger partial charge in [-0.05, 0) is 25.7 Å². The van der Waals surface area contributed by atoms with Gasteiger partial charge in [-0.15, -0.1) is 0 Å². The molecule has 0 atom stereocenters. The van der Waals surface area contributed by atoms with E-state index in [4.69, 9.17) is 0 Å². The molecule has 0 aromatic rings. The molecule has 2 radical (unpaired) electrons. The van der Waals surface area contributed by atoms with E-state index in [1.54, 1.807) is 0 Å². The maximum absolute atomic E-state index is 3.91. The van der Waals surface area contributed by atoms with E-state index < -0.39 is 0 Å². The molecule has 0 aromatic carbocycles. The molecule has 27 heavy (non-hydrogen) atoms. The molecule has 0 saturated heterocycles. The minimum Gasteiger partial charge on any atom is -0.0885 e. The Morgan fingerprint density at radius 3 is 0.778 bits per heavy atom. The van der Waals surface area contributed by atoms with Gasteiger partial charge in [0.2, 0.25) is 0 Å². The summed E-state index contributed by atoms with van der Waals surface area (Å²) in [6, 6.07) is 0. The second kappa shape index (κ2) is 25.7. The van der Waals surface area contributed by atoms with Crippen molar-refractivity contribution >= 4 is 0 Å². The van der Waals surface area contributed by atoms with Gasteiger partial charge in [-0.2, -0.15) is 0 Å². The van der Waals surface area contributed by atoms with Crippen LogP contribution in [0, 0.1) is 13.8 Å². The van der Waals surface area contributed by atoms with Gasteiger partial charge in [0, 0.05) is 0 Å². The first-order valence-electron chi connectivity index (χ1n) is 12.6. The molecule has 0 heteroatoms. The molecule has 0 aromatic heterocycles. The van der Waals surface area contributed by atoms with Crippen molar-refractivity contribution in [1.82, 2.24) is 0 Å². The fraction of sp³-hybridized carbons (Fsp3) is 0.852. The molecule has 0 fully saturated rings. The van der Waals surface area contributed by atoms with Crippen LogP contribution in [-0.4, -0.2) is 0 Å². The van der Waals surface area contributed by atoms with Crippen molar-refractivity contribution in [1.29, 1.82) is 0 Å². The summed E-state index contributed by atoms with van der Waals surface area (Å²) in [5.41, 5.74) is 0. The van der Waals surface area contributed by atoms with Crippen molar-refractivity contribution in [2.24, 2.45) is 0 Å². The van der Waals surface area contributed by atoms with Crippen molar-refractivity contribution in [3.05, 3.63) is 26.0 Å². The lowest BCUT2D eigenvalue weighted by Gasteiger charge is -2.02. The molecule has 0 nitrogen and oxygen atoms in total. The lowest BCUT2D eigenvalue weighted by atomic mass is 10.0. The van der Waals surface area contributed by atoms with Gasteiger partial charge in [-0.3, -0.25) is 0 Å². The molecule has 0 aliphatic heterocycles. The van der Waals surface area contributed by atoms with Gasteiger partial charge in [0.05, 0.1) is 0 Å². The SMILES string of the molecule is [CH2]CCCCCCCCCCC=CCCCCCCCCCCCCC[CH2]. The van der Waals surface area contributed by atoms with E-state index in [2.05, 4.69) is 26.0 Å². The maximum atomic E-state index is 3.91. The first kappa shape index (κ1) is 26.7. The topological polar surface area (TPSA) is 0 Å². The predicted octanol–water partition coefficient (Wildman–Crippen LogP) is 10.2. The number of hydrogen-bond donors (Lipinski definition) is 0. The zero-order chi connectivity index (χ0) is 19.7. The molecule has 0 rings (SSSR count). The standard InChI is InChI=1S/C27H52/c1-3-5-7-9-11-13-15-17-19-21-23-25-27-26-24-22-20-18-16-14-12-10-8-6-4-2/h23,25H,1-22,24,26-27H2. The molecule has 160 valence electrons. The summed E-state index contributed by atoms with van der Waals surface area (Å²) in [4.78, 5) is 0. The average molecular weight is 377 g/mol. The van der Waals surface area contributed by atoms with Crippen LogP contribution in [0.4, 0.5) is 0 Å². The molecule has 0 bridgehead atoms. The van der Waals surface area contributed by atoms with Crippen molar-refractivity contribution < 1.29 is 0 Å². The number of unbranched alkanes of at least 4 members (excludes halogenated alkanes) is 21. The van der Waals surface area contributed by atoms with Crippen LogP contribution in [0.15, 0.2) is 12.2 Å². The van der Waals surface area contributed by atoms with Crippen LogP contribution in [0.25, 0.3) is 0 Å². The molecule has 0 saturated carbocycles. The Morgan fingerprint density at radius 1 is 0.296 bits per heavy atom. The summed E-state index contributed by atoms with van der Waals surface area (Å²) >= 11 is 0. The van der Waals surface area contributed by atoms with Gasteiger partial charge in [-0.1, -0.05) is 148 Å². The normalized spacial score (nSPS) is 11.6. The quantitative estimate of drug-likeness (QED) is 0.123. The van der Waals surface area contributed by atoms with E-state index in [0.717, 1.165) is 12.8 Å². The van der Waals surface area contributed by atoms with Crippen LogP contribution < -0.4 is 0 Å². The Morgan fingerprint density at radius 2 is 0.519 bits per heavy atom. The molecule has 0 aliphatic rings. The van der Waals surface area contributed by atoms with Crippen LogP contribution in [0.2, 0.25) is 0 Å². The van der Waals surface area contributed by atoms with Crippen LogP contribution >= 0.6 is 0 Å².